The molecular weight excluding hydrogens is 265 g/mol. The fraction of sp³-hybridized carbons (Fsp3) is 0.400. The maximum Gasteiger partial charge on any atom is 0.156 e. The lowest BCUT2D eigenvalue weighted by atomic mass is 10.2. The van der Waals surface area contributed by atoms with Crippen LogP contribution < -0.4 is 10.5 Å². The van der Waals surface area contributed by atoms with Crippen LogP contribution in [0.3, 0.4) is 0 Å². The molecule has 0 aromatic heterocycles. The van der Waals surface area contributed by atoms with Gasteiger partial charge in [-0.3, -0.25) is 0 Å². The predicted molar refractivity (Wildman–Crippen MR) is 60.3 cm³/mol. The second-order valence-electron chi connectivity index (χ2n) is 3.40. The Morgan fingerprint density at radius 3 is 2.80 bits per heavy atom. The molecule has 0 bridgehead atoms. The molecule has 3 nitrogen and oxygen atoms in total. The summed E-state index contributed by atoms with van der Waals surface area (Å²) in [5, 5.41) is 8.81. The van der Waals surface area contributed by atoms with Gasteiger partial charge in [0.25, 0.3) is 0 Å². The first-order valence-corrected chi connectivity index (χ1v) is 5.32. The van der Waals surface area contributed by atoms with Gasteiger partial charge in [0.2, 0.25) is 0 Å². The lowest BCUT2D eigenvalue weighted by Gasteiger charge is -2.13. The number of anilines is 1. The highest BCUT2D eigenvalue weighted by molar-refractivity contribution is 9.10. The van der Waals surface area contributed by atoms with E-state index in [1.54, 1.807) is 0 Å². The molecule has 0 fully saturated rings. The molecule has 0 radical (unpaired) electrons. The monoisotopic (exact) mass is 277 g/mol. The molecule has 0 aliphatic rings. The molecule has 0 amide bonds. The number of nitrogen functional groups attached to an aromatic ring is 1. The van der Waals surface area contributed by atoms with E-state index in [2.05, 4.69) is 15.9 Å². The normalized spacial score (nSPS) is 12.5. The summed E-state index contributed by atoms with van der Waals surface area (Å²) >= 11 is 3.16. The lowest BCUT2D eigenvalue weighted by Crippen LogP contribution is -2.13. The van der Waals surface area contributed by atoms with Crippen molar-refractivity contribution in [2.75, 3.05) is 18.9 Å². The quantitative estimate of drug-likeness (QED) is 0.830. The number of nitrogens with two attached hydrogens (primary N) is 1. The largest absolute Gasteiger partial charge is 0.490 e. The van der Waals surface area contributed by atoms with E-state index >= 15 is 0 Å². The van der Waals surface area contributed by atoms with Gasteiger partial charge in [-0.2, -0.15) is 0 Å². The number of halogens is 2. The molecule has 84 valence electrons. The van der Waals surface area contributed by atoms with Crippen molar-refractivity contribution < 1.29 is 14.2 Å². The Kier molecular flexibility index (Phi) is 4.35. The lowest BCUT2D eigenvalue weighted by molar-refractivity contribution is 0.174. The Bertz CT molecular complexity index is 323. The molecule has 15 heavy (non-hydrogen) atoms. The van der Waals surface area contributed by atoms with Crippen molar-refractivity contribution in [1.29, 1.82) is 0 Å². The molecule has 1 unspecified atom stereocenters. The fourth-order valence-corrected chi connectivity index (χ4v) is 1.57. The van der Waals surface area contributed by atoms with Gasteiger partial charge in [-0.15, -0.1) is 0 Å². The van der Waals surface area contributed by atoms with Crippen LogP contribution in [0.4, 0.5) is 10.1 Å². The van der Waals surface area contributed by atoms with E-state index in [0.717, 1.165) is 0 Å². The summed E-state index contributed by atoms with van der Waals surface area (Å²) in [7, 11) is 0. The van der Waals surface area contributed by atoms with E-state index in [1.807, 2.05) is 6.92 Å². The maximum absolute atomic E-state index is 12.9. The number of benzene rings is 1. The zero-order valence-electron chi connectivity index (χ0n) is 8.34. The van der Waals surface area contributed by atoms with Crippen LogP contribution in [0.25, 0.3) is 0 Å². The zero-order valence-corrected chi connectivity index (χ0v) is 9.92. The molecule has 1 atom stereocenters. The Morgan fingerprint density at radius 2 is 2.27 bits per heavy atom. The molecule has 0 saturated carbocycles. The van der Waals surface area contributed by atoms with Crippen LogP contribution in [0.2, 0.25) is 0 Å². The summed E-state index contributed by atoms with van der Waals surface area (Å²) in [6.45, 7) is 2.22. The average Bonchev–Trinajstić information content (AvgIpc) is 2.15. The molecule has 3 N–H and O–H groups in total. The smallest absolute Gasteiger partial charge is 0.156 e. The molecule has 5 heteroatoms. The first kappa shape index (κ1) is 12.3. The molecule has 1 aromatic carbocycles. The predicted octanol–water partition coefficient (Wildman–Crippen LogP) is 2.18. The van der Waals surface area contributed by atoms with E-state index < -0.39 is 5.82 Å². The summed E-state index contributed by atoms with van der Waals surface area (Å²) in [5.41, 5.74) is 5.83. The molecular formula is C10H13BrFNO2. The molecule has 0 aliphatic carbocycles. The number of hydrogen-bond donors (Lipinski definition) is 2. The minimum Gasteiger partial charge on any atom is -0.490 e. The van der Waals surface area contributed by atoms with Crippen LogP contribution in [0.15, 0.2) is 16.6 Å². The van der Waals surface area contributed by atoms with Crippen LogP contribution in [0.5, 0.6) is 5.75 Å². The topological polar surface area (TPSA) is 55.5 Å². The fourth-order valence-electron chi connectivity index (χ4n) is 1.01. The molecule has 0 heterocycles. The number of aliphatic hydroxyl groups is 1. The minimum atomic E-state index is -0.415. The average molecular weight is 278 g/mol. The van der Waals surface area contributed by atoms with Crippen LogP contribution >= 0.6 is 15.9 Å². The Balaban J connectivity index is 2.77. The highest BCUT2D eigenvalue weighted by Crippen LogP contribution is 2.32. The van der Waals surface area contributed by atoms with Gasteiger partial charge in [-0.25, -0.2) is 4.39 Å². The Labute approximate surface area is 96.2 Å². The van der Waals surface area contributed by atoms with Crippen molar-refractivity contribution in [3.8, 4) is 5.75 Å². The number of ether oxygens (including phenoxy) is 1. The standard InChI is InChI=1S/C10H13BrFNO2/c1-6(4-14)5-15-10-8(11)2-7(12)3-9(10)13/h2-3,6,14H,4-5,13H2,1H3. The molecule has 1 rings (SSSR count). The summed E-state index contributed by atoms with van der Waals surface area (Å²) < 4.78 is 18.7. The van der Waals surface area contributed by atoms with Gasteiger partial charge in [0.1, 0.15) is 5.82 Å². The van der Waals surface area contributed by atoms with Crippen LogP contribution in [0.1, 0.15) is 6.92 Å². The molecule has 0 aliphatic heterocycles. The van der Waals surface area contributed by atoms with Crippen LogP contribution in [0, 0.1) is 11.7 Å². The van der Waals surface area contributed by atoms with Crippen molar-refractivity contribution in [2.45, 2.75) is 6.92 Å². The highest BCUT2D eigenvalue weighted by Gasteiger charge is 2.10. The first-order chi connectivity index (χ1) is 7.04. The molecule has 0 saturated heterocycles. The number of aliphatic hydroxyl groups excluding tert-OH is 1. The third-order valence-corrected chi connectivity index (χ3v) is 2.45. The van der Waals surface area contributed by atoms with Crippen molar-refractivity contribution in [2.24, 2.45) is 5.92 Å². The van der Waals surface area contributed by atoms with E-state index in [1.165, 1.54) is 12.1 Å². The number of rotatable bonds is 4. The van der Waals surface area contributed by atoms with E-state index in [9.17, 15) is 4.39 Å². The van der Waals surface area contributed by atoms with Gasteiger partial charge in [0, 0.05) is 18.6 Å². The van der Waals surface area contributed by atoms with Gasteiger partial charge in [-0.05, 0) is 22.0 Å². The van der Waals surface area contributed by atoms with E-state index in [0.29, 0.717) is 16.8 Å². The first-order valence-electron chi connectivity index (χ1n) is 4.52. The maximum atomic E-state index is 12.9. The zero-order chi connectivity index (χ0) is 11.4. The highest BCUT2D eigenvalue weighted by atomic mass is 79.9. The van der Waals surface area contributed by atoms with Crippen molar-refractivity contribution in [3.63, 3.8) is 0 Å². The minimum absolute atomic E-state index is 0.0151. The summed E-state index contributed by atoms with van der Waals surface area (Å²) in [6, 6.07) is 2.49. The third-order valence-electron chi connectivity index (χ3n) is 1.86. The van der Waals surface area contributed by atoms with E-state index in [-0.39, 0.29) is 18.2 Å². The van der Waals surface area contributed by atoms with Gasteiger partial charge in [0.15, 0.2) is 5.75 Å². The van der Waals surface area contributed by atoms with Gasteiger partial charge in [-0.1, -0.05) is 6.92 Å². The molecule has 0 spiro atoms. The summed E-state index contributed by atoms with van der Waals surface area (Å²) in [4.78, 5) is 0. The second kappa shape index (κ2) is 5.32. The van der Waals surface area contributed by atoms with Gasteiger partial charge >= 0.3 is 0 Å². The van der Waals surface area contributed by atoms with Crippen LogP contribution in [-0.2, 0) is 0 Å². The van der Waals surface area contributed by atoms with Crippen LogP contribution in [-0.4, -0.2) is 18.3 Å². The van der Waals surface area contributed by atoms with Crippen molar-refractivity contribution in [1.82, 2.24) is 0 Å². The van der Waals surface area contributed by atoms with E-state index in [4.69, 9.17) is 15.6 Å². The van der Waals surface area contributed by atoms with Gasteiger partial charge in [0.05, 0.1) is 16.8 Å². The Morgan fingerprint density at radius 1 is 1.60 bits per heavy atom. The summed E-state index contributed by atoms with van der Waals surface area (Å²) in [5.74, 6) is 0.0139. The second-order valence-corrected chi connectivity index (χ2v) is 4.26. The van der Waals surface area contributed by atoms with Crippen molar-refractivity contribution >= 4 is 21.6 Å². The Hall–Kier alpha value is -0.810. The summed E-state index contributed by atoms with van der Waals surface area (Å²) in [6.07, 6.45) is 0. The third kappa shape index (κ3) is 3.35. The SMILES string of the molecule is CC(CO)COc1c(N)cc(F)cc1Br. The molecule has 1 aromatic rings. The number of hydrogen-bond acceptors (Lipinski definition) is 3. The van der Waals surface area contributed by atoms with Crippen molar-refractivity contribution in [3.05, 3.63) is 22.4 Å². The van der Waals surface area contributed by atoms with Gasteiger partial charge < -0.3 is 15.6 Å².